The number of hydrogen-bond donors (Lipinski definition) is 2. The molecule has 0 aliphatic heterocycles. The molecule has 1 aromatic rings. The summed E-state index contributed by atoms with van der Waals surface area (Å²) in [4.78, 5) is 21.2. The van der Waals surface area contributed by atoms with Crippen LogP contribution in [0, 0.1) is 0 Å². The van der Waals surface area contributed by atoms with Crippen LogP contribution >= 0.6 is 0 Å². The molecule has 0 aromatic carbocycles. The second kappa shape index (κ2) is 4.63. The minimum atomic E-state index is -0.971. The maximum atomic E-state index is 10.8. The third-order valence-corrected chi connectivity index (χ3v) is 2.21. The van der Waals surface area contributed by atoms with Crippen LogP contribution in [0.15, 0.2) is 12.3 Å². The average molecular weight is 211 g/mol. The van der Waals surface area contributed by atoms with E-state index < -0.39 is 11.9 Å². The fourth-order valence-electron chi connectivity index (χ4n) is 1.52. The highest BCUT2D eigenvalue weighted by atomic mass is 16.4. The van der Waals surface area contributed by atoms with Crippen LogP contribution in [0.3, 0.4) is 0 Å². The smallest absolute Gasteiger partial charge is 0.337 e. The molecule has 1 rings (SSSR count). The van der Waals surface area contributed by atoms with Crippen molar-refractivity contribution < 1.29 is 19.8 Å². The summed E-state index contributed by atoms with van der Waals surface area (Å²) in [7, 11) is 0. The summed E-state index contributed by atoms with van der Waals surface area (Å²) < 4.78 is 1.68. The predicted octanol–water partition coefficient (Wildman–Crippen LogP) is 1.22. The first-order chi connectivity index (χ1) is 7.06. The summed E-state index contributed by atoms with van der Waals surface area (Å²) in [6.45, 7) is 2.16. The maximum absolute atomic E-state index is 10.8. The largest absolute Gasteiger partial charge is 0.481 e. The molecule has 0 saturated carbocycles. The highest BCUT2D eigenvalue weighted by Gasteiger charge is 2.13. The van der Waals surface area contributed by atoms with Gasteiger partial charge in [-0.2, -0.15) is 0 Å². The van der Waals surface area contributed by atoms with Gasteiger partial charge in [0.05, 0.1) is 12.0 Å². The standard InChI is InChI=1S/C10H13NO4/c1-2-8-7(10(14)15)3-5-11(8)6-4-9(12)13/h3,5H,2,4,6H2,1H3,(H,12,13)(H,14,15). The monoisotopic (exact) mass is 211 g/mol. The van der Waals surface area contributed by atoms with E-state index >= 15 is 0 Å². The SMILES string of the molecule is CCc1c(C(=O)O)ccn1CCC(=O)O. The van der Waals surface area contributed by atoms with Gasteiger partial charge in [0.2, 0.25) is 0 Å². The van der Waals surface area contributed by atoms with Gasteiger partial charge in [-0.25, -0.2) is 4.79 Å². The van der Waals surface area contributed by atoms with Crippen molar-refractivity contribution >= 4 is 11.9 Å². The van der Waals surface area contributed by atoms with E-state index in [-0.39, 0.29) is 12.0 Å². The molecule has 0 unspecified atom stereocenters. The van der Waals surface area contributed by atoms with Gasteiger partial charge in [-0.15, -0.1) is 0 Å². The molecule has 0 saturated heterocycles. The lowest BCUT2D eigenvalue weighted by Crippen LogP contribution is -2.08. The highest BCUT2D eigenvalue weighted by molar-refractivity contribution is 5.89. The molecular formula is C10H13NO4. The van der Waals surface area contributed by atoms with E-state index in [0.29, 0.717) is 18.7 Å². The Bertz CT molecular complexity index is 381. The molecule has 5 heteroatoms. The van der Waals surface area contributed by atoms with E-state index in [9.17, 15) is 9.59 Å². The summed E-state index contributed by atoms with van der Waals surface area (Å²) in [5.41, 5.74) is 0.923. The van der Waals surface area contributed by atoms with E-state index in [2.05, 4.69) is 0 Å². The lowest BCUT2D eigenvalue weighted by atomic mass is 10.2. The van der Waals surface area contributed by atoms with Gasteiger partial charge in [-0.3, -0.25) is 4.79 Å². The molecular weight excluding hydrogens is 198 g/mol. The predicted molar refractivity (Wildman–Crippen MR) is 53.0 cm³/mol. The first-order valence-electron chi connectivity index (χ1n) is 4.69. The first kappa shape index (κ1) is 11.3. The van der Waals surface area contributed by atoms with Crippen LogP contribution in [0.1, 0.15) is 29.4 Å². The summed E-state index contributed by atoms with van der Waals surface area (Å²) in [6.07, 6.45) is 2.19. The number of aliphatic carboxylic acids is 1. The molecule has 82 valence electrons. The molecule has 0 aliphatic rings. The van der Waals surface area contributed by atoms with Crippen LogP contribution in [0.4, 0.5) is 0 Å². The minimum absolute atomic E-state index is 0.000733. The number of nitrogens with zero attached hydrogens (tertiary/aromatic N) is 1. The van der Waals surface area contributed by atoms with Crippen LogP contribution in [-0.4, -0.2) is 26.7 Å². The number of hydrogen-bond acceptors (Lipinski definition) is 2. The number of rotatable bonds is 5. The number of carboxylic acids is 2. The van der Waals surface area contributed by atoms with Crippen LogP contribution < -0.4 is 0 Å². The molecule has 0 atom stereocenters. The molecule has 0 spiro atoms. The Kier molecular flexibility index (Phi) is 3.49. The van der Waals surface area contributed by atoms with Crippen molar-refractivity contribution in [3.05, 3.63) is 23.5 Å². The van der Waals surface area contributed by atoms with Crippen LogP contribution in [-0.2, 0) is 17.8 Å². The maximum Gasteiger partial charge on any atom is 0.337 e. The van der Waals surface area contributed by atoms with Gasteiger partial charge in [0.15, 0.2) is 0 Å². The number of carbonyl (C=O) groups is 2. The molecule has 15 heavy (non-hydrogen) atoms. The minimum Gasteiger partial charge on any atom is -0.481 e. The summed E-state index contributed by atoms with van der Waals surface area (Å²) in [5.74, 6) is -1.86. The Labute approximate surface area is 87.0 Å². The van der Waals surface area contributed by atoms with Crippen molar-refractivity contribution in [3.8, 4) is 0 Å². The number of aromatic carboxylic acids is 1. The van der Waals surface area contributed by atoms with Gasteiger partial charge >= 0.3 is 11.9 Å². The molecule has 0 aliphatic carbocycles. The van der Waals surface area contributed by atoms with Crippen LogP contribution in [0.5, 0.6) is 0 Å². The number of carboxylic acid groups (broad SMARTS) is 2. The van der Waals surface area contributed by atoms with Gasteiger partial charge in [-0.1, -0.05) is 6.92 Å². The first-order valence-corrected chi connectivity index (χ1v) is 4.69. The molecule has 5 nitrogen and oxygen atoms in total. The Morgan fingerprint density at radius 1 is 1.40 bits per heavy atom. The second-order valence-corrected chi connectivity index (χ2v) is 3.17. The summed E-state index contributed by atoms with van der Waals surface area (Å²) >= 11 is 0. The van der Waals surface area contributed by atoms with E-state index in [1.54, 1.807) is 10.8 Å². The molecule has 0 fully saturated rings. The average Bonchev–Trinajstić information content (AvgIpc) is 2.57. The van der Waals surface area contributed by atoms with E-state index in [0.717, 1.165) is 0 Å². The normalized spacial score (nSPS) is 10.2. The van der Waals surface area contributed by atoms with Crippen LogP contribution in [0.25, 0.3) is 0 Å². The lowest BCUT2D eigenvalue weighted by Gasteiger charge is -2.06. The molecule has 0 radical (unpaired) electrons. The van der Waals surface area contributed by atoms with Crippen molar-refractivity contribution in [1.29, 1.82) is 0 Å². The van der Waals surface area contributed by atoms with Crippen LogP contribution in [0.2, 0.25) is 0 Å². The molecule has 1 heterocycles. The zero-order chi connectivity index (χ0) is 11.4. The topological polar surface area (TPSA) is 79.5 Å². The quantitative estimate of drug-likeness (QED) is 0.767. The molecule has 2 N–H and O–H groups in total. The Morgan fingerprint density at radius 2 is 2.07 bits per heavy atom. The number of aryl methyl sites for hydroxylation is 1. The van der Waals surface area contributed by atoms with Gasteiger partial charge in [0.1, 0.15) is 0 Å². The molecule has 1 aromatic heterocycles. The Hall–Kier alpha value is -1.78. The van der Waals surface area contributed by atoms with Gasteiger partial charge in [-0.05, 0) is 12.5 Å². The molecule has 0 bridgehead atoms. The third-order valence-electron chi connectivity index (χ3n) is 2.21. The zero-order valence-electron chi connectivity index (χ0n) is 8.43. The third kappa shape index (κ3) is 2.59. The van der Waals surface area contributed by atoms with E-state index in [4.69, 9.17) is 10.2 Å². The van der Waals surface area contributed by atoms with E-state index in [1.165, 1.54) is 6.07 Å². The Morgan fingerprint density at radius 3 is 2.53 bits per heavy atom. The van der Waals surface area contributed by atoms with Gasteiger partial charge in [0, 0.05) is 18.4 Å². The van der Waals surface area contributed by atoms with Crippen molar-refractivity contribution in [3.63, 3.8) is 0 Å². The van der Waals surface area contributed by atoms with Crippen molar-refractivity contribution in [1.82, 2.24) is 4.57 Å². The number of aromatic nitrogens is 1. The molecule has 0 amide bonds. The van der Waals surface area contributed by atoms with Gasteiger partial charge < -0.3 is 14.8 Å². The lowest BCUT2D eigenvalue weighted by molar-refractivity contribution is -0.137. The van der Waals surface area contributed by atoms with Crippen molar-refractivity contribution in [2.24, 2.45) is 0 Å². The Balaban J connectivity index is 2.89. The summed E-state index contributed by atoms with van der Waals surface area (Å²) in [5, 5.41) is 17.4. The zero-order valence-corrected chi connectivity index (χ0v) is 8.43. The summed E-state index contributed by atoms with van der Waals surface area (Å²) in [6, 6.07) is 1.50. The van der Waals surface area contributed by atoms with E-state index in [1.807, 2.05) is 6.92 Å². The second-order valence-electron chi connectivity index (χ2n) is 3.17. The van der Waals surface area contributed by atoms with Crippen molar-refractivity contribution in [2.75, 3.05) is 0 Å². The fourth-order valence-corrected chi connectivity index (χ4v) is 1.52. The highest BCUT2D eigenvalue weighted by Crippen LogP contribution is 2.12. The fraction of sp³-hybridized carbons (Fsp3) is 0.400. The van der Waals surface area contributed by atoms with Crippen molar-refractivity contribution in [2.45, 2.75) is 26.3 Å². The van der Waals surface area contributed by atoms with Gasteiger partial charge in [0.25, 0.3) is 0 Å².